The second-order valence-corrected chi connectivity index (χ2v) is 10.8. The summed E-state index contributed by atoms with van der Waals surface area (Å²) >= 11 is 5.98. The molecule has 0 bridgehead atoms. The van der Waals surface area contributed by atoms with Crippen LogP contribution in [0.4, 0.5) is 5.69 Å². The molecule has 2 amide bonds. The van der Waals surface area contributed by atoms with Crippen LogP contribution >= 0.6 is 11.6 Å². The lowest BCUT2D eigenvalue weighted by Crippen LogP contribution is -2.51. The van der Waals surface area contributed by atoms with Gasteiger partial charge in [0.05, 0.1) is 17.2 Å². The van der Waals surface area contributed by atoms with Gasteiger partial charge >= 0.3 is 0 Å². The molecule has 0 aromatic heterocycles. The van der Waals surface area contributed by atoms with Crippen molar-refractivity contribution in [1.82, 2.24) is 10.2 Å². The zero-order valence-electron chi connectivity index (χ0n) is 21.6. The number of carbonyl (C=O) groups is 2. The summed E-state index contributed by atoms with van der Waals surface area (Å²) in [6.45, 7) is 5.74. The molecule has 0 aliphatic rings. The SMILES string of the molecule is CCNC(=O)C(C)N(Cc1ccccc1)C(=O)CN(c1ccc(OCC)cc1)S(=O)(=O)c1ccc(Cl)cc1. The number of ether oxygens (including phenoxy) is 1. The van der Waals surface area contributed by atoms with Gasteiger partial charge in [-0.05, 0) is 74.9 Å². The molecular weight excluding hydrogens is 526 g/mol. The van der Waals surface area contributed by atoms with E-state index in [0.29, 0.717) is 23.9 Å². The zero-order chi connectivity index (χ0) is 27.7. The predicted octanol–water partition coefficient (Wildman–Crippen LogP) is 4.49. The Kier molecular flexibility index (Phi) is 10.2. The summed E-state index contributed by atoms with van der Waals surface area (Å²) in [5.41, 5.74) is 1.09. The fourth-order valence-corrected chi connectivity index (χ4v) is 5.36. The number of hydrogen-bond donors (Lipinski definition) is 1. The molecule has 0 spiro atoms. The van der Waals surface area contributed by atoms with Crippen LogP contribution < -0.4 is 14.4 Å². The lowest BCUT2D eigenvalue weighted by molar-refractivity contribution is -0.139. The highest BCUT2D eigenvalue weighted by atomic mass is 35.5. The minimum Gasteiger partial charge on any atom is -0.494 e. The van der Waals surface area contributed by atoms with Crippen molar-refractivity contribution in [3.8, 4) is 5.75 Å². The lowest BCUT2D eigenvalue weighted by atomic mass is 10.1. The van der Waals surface area contributed by atoms with Gasteiger partial charge in [-0.15, -0.1) is 0 Å². The summed E-state index contributed by atoms with van der Waals surface area (Å²) in [6.07, 6.45) is 0. The number of benzene rings is 3. The fraction of sp³-hybridized carbons (Fsp3) is 0.286. The van der Waals surface area contributed by atoms with E-state index in [-0.39, 0.29) is 23.0 Å². The molecule has 0 saturated heterocycles. The van der Waals surface area contributed by atoms with Gasteiger partial charge in [0.15, 0.2) is 0 Å². The van der Waals surface area contributed by atoms with Crippen molar-refractivity contribution in [3.63, 3.8) is 0 Å². The second-order valence-electron chi connectivity index (χ2n) is 8.47. The Hall–Kier alpha value is -3.56. The molecule has 38 heavy (non-hydrogen) atoms. The maximum atomic E-state index is 13.8. The van der Waals surface area contributed by atoms with Gasteiger partial charge in [-0.25, -0.2) is 8.42 Å². The van der Waals surface area contributed by atoms with Crippen LogP contribution in [0.25, 0.3) is 0 Å². The third-order valence-electron chi connectivity index (χ3n) is 5.83. The van der Waals surface area contributed by atoms with E-state index < -0.39 is 28.5 Å². The molecule has 1 N–H and O–H groups in total. The van der Waals surface area contributed by atoms with Crippen LogP contribution in [0.15, 0.2) is 83.8 Å². The van der Waals surface area contributed by atoms with Crippen molar-refractivity contribution >= 4 is 39.1 Å². The van der Waals surface area contributed by atoms with Crippen molar-refractivity contribution in [2.75, 3.05) is 24.0 Å². The molecule has 1 atom stereocenters. The Morgan fingerprint density at radius 3 is 2.16 bits per heavy atom. The van der Waals surface area contributed by atoms with Crippen LogP contribution in [0, 0.1) is 0 Å². The smallest absolute Gasteiger partial charge is 0.264 e. The number of sulfonamides is 1. The van der Waals surface area contributed by atoms with Gasteiger partial charge in [0.1, 0.15) is 18.3 Å². The average molecular weight is 558 g/mol. The van der Waals surface area contributed by atoms with Gasteiger partial charge in [-0.3, -0.25) is 13.9 Å². The summed E-state index contributed by atoms with van der Waals surface area (Å²) in [5, 5.41) is 3.13. The number of nitrogens with zero attached hydrogens (tertiary/aromatic N) is 2. The average Bonchev–Trinajstić information content (AvgIpc) is 2.91. The van der Waals surface area contributed by atoms with E-state index in [2.05, 4.69) is 5.32 Å². The first-order valence-corrected chi connectivity index (χ1v) is 14.1. The Bertz CT molecular complexity index is 1320. The Balaban J connectivity index is 2.02. The van der Waals surface area contributed by atoms with Gasteiger partial charge < -0.3 is 15.0 Å². The van der Waals surface area contributed by atoms with E-state index in [1.54, 1.807) is 38.1 Å². The predicted molar refractivity (Wildman–Crippen MR) is 149 cm³/mol. The molecule has 0 fully saturated rings. The molecular formula is C28H32ClN3O5S. The van der Waals surface area contributed by atoms with Crippen molar-refractivity contribution in [1.29, 1.82) is 0 Å². The first kappa shape index (κ1) is 29.0. The number of amides is 2. The quantitative estimate of drug-likeness (QED) is 0.354. The summed E-state index contributed by atoms with van der Waals surface area (Å²) in [5.74, 6) is -0.286. The summed E-state index contributed by atoms with van der Waals surface area (Å²) in [4.78, 5) is 27.9. The Morgan fingerprint density at radius 1 is 0.947 bits per heavy atom. The van der Waals surface area contributed by atoms with Crippen LogP contribution in [0.3, 0.4) is 0 Å². The molecule has 0 aliphatic heterocycles. The van der Waals surface area contributed by atoms with E-state index in [4.69, 9.17) is 16.3 Å². The van der Waals surface area contributed by atoms with Crippen LogP contribution in [0.1, 0.15) is 26.3 Å². The molecule has 3 aromatic rings. The van der Waals surface area contributed by atoms with Crippen molar-refractivity contribution < 1.29 is 22.7 Å². The van der Waals surface area contributed by atoms with Crippen molar-refractivity contribution in [2.45, 2.75) is 38.3 Å². The maximum Gasteiger partial charge on any atom is 0.264 e. The number of anilines is 1. The molecule has 0 heterocycles. The highest BCUT2D eigenvalue weighted by molar-refractivity contribution is 7.92. The highest BCUT2D eigenvalue weighted by Crippen LogP contribution is 2.27. The monoisotopic (exact) mass is 557 g/mol. The lowest BCUT2D eigenvalue weighted by Gasteiger charge is -2.32. The van der Waals surface area contributed by atoms with E-state index in [9.17, 15) is 18.0 Å². The van der Waals surface area contributed by atoms with Gasteiger partial charge in [0, 0.05) is 18.1 Å². The third-order valence-corrected chi connectivity index (χ3v) is 7.87. The molecule has 0 aliphatic carbocycles. The molecule has 0 saturated carbocycles. The maximum absolute atomic E-state index is 13.8. The normalized spacial score (nSPS) is 11.9. The molecule has 10 heteroatoms. The third kappa shape index (κ3) is 7.26. The van der Waals surface area contributed by atoms with Gasteiger partial charge in [0.25, 0.3) is 10.0 Å². The minimum atomic E-state index is -4.17. The Morgan fingerprint density at radius 2 is 1.58 bits per heavy atom. The van der Waals surface area contributed by atoms with E-state index in [1.807, 2.05) is 37.3 Å². The number of halogens is 1. The molecule has 202 valence electrons. The zero-order valence-corrected chi connectivity index (χ0v) is 23.2. The van der Waals surface area contributed by atoms with E-state index >= 15 is 0 Å². The van der Waals surface area contributed by atoms with Crippen molar-refractivity contribution in [2.24, 2.45) is 0 Å². The molecule has 8 nitrogen and oxygen atoms in total. The molecule has 0 radical (unpaired) electrons. The van der Waals surface area contributed by atoms with Gasteiger partial charge in [0.2, 0.25) is 11.8 Å². The topological polar surface area (TPSA) is 96.0 Å². The largest absolute Gasteiger partial charge is 0.494 e. The number of hydrogen-bond acceptors (Lipinski definition) is 5. The number of carbonyl (C=O) groups excluding carboxylic acids is 2. The highest BCUT2D eigenvalue weighted by Gasteiger charge is 2.32. The van der Waals surface area contributed by atoms with Crippen LogP contribution in [-0.2, 0) is 26.2 Å². The molecule has 3 rings (SSSR count). The van der Waals surface area contributed by atoms with E-state index in [1.165, 1.54) is 29.2 Å². The number of rotatable bonds is 12. The van der Waals surface area contributed by atoms with Crippen molar-refractivity contribution in [3.05, 3.63) is 89.4 Å². The molecule has 1 unspecified atom stereocenters. The first-order valence-electron chi connectivity index (χ1n) is 12.3. The fourth-order valence-electron chi connectivity index (χ4n) is 3.82. The summed E-state index contributed by atoms with van der Waals surface area (Å²) in [6, 6.07) is 20.6. The summed E-state index contributed by atoms with van der Waals surface area (Å²) in [7, 11) is -4.17. The van der Waals surface area contributed by atoms with Gasteiger partial charge in [-0.2, -0.15) is 0 Å². The number of likely N-dealkylation sites (N-methyl/N-ethyl adjacent to an activating group) is 1. The second kappa shape index (κ2) is 13.3. The Labute approximate surface area is 229 Å². The van der Waals surface area contributed by atoms with Crippen LogP contribution in [0.2, 0.25) is 5.02 Å². The number of nitrogens with one attached hydrogen (secondary N) is 1. The minimum absolute atomic E-state index is 0.0185. The summed E-state index contributed by atoms with van der Waals surface area (Å²) < 4.78 is 34.1. The van der Waals surface area contributed by atoms with E-state index in [0.717, 1.165) is 9.87 Å². The molecule has 3 aromatic carbocycles. The van der Waals surface area contributed by atoms with Crippen LogP contribution in [-0.4, -0.2) is 50.9 Å². The first-order chi connectivity index (χ1) is 18.2. The van der Waals surface area contributed by atoms with Crippen LogP contribution in [0.5, 0.6) is 5.75 Å². The standard InChI is InChI=1S/C28H32ClN3O5S/c1-4-30-28(34)21(3)31(19-22-9-7-6-8-10-22)27(33)20-32(24-13-15-25(16-14-24)37-5-2)38(35,36)26-17-11-23(29)12-18-26/h6-18,21H,4-5,19-20H2,1-3H3,(H,30,34). The van der Waals surface area contributed by atoms with Gasteiger partial charge in [-0.1, -0.05) is 41.9 Å².